The van der Waals surface area contributed by atoms with Gasteiger partial charge in [0.05, 0.1) is 6.04 Å². The average molecular weight is 414 g/mol. The van der Waals surface area contributed by atoms with Gasteiger partial charge in [0.25, 0.3) is 0 Å². The van der Waals surface area contributed by atoms with Crippen LogP contribution < -0.4 is 4.98 Å². The molecule has 0 amide bonds. The van der Waals surface area contributed by atoms with E-state index >= 15 is 0 Å². The Labute approximate surface area is 119 Å². The minimum Gasteiger partial charge on any atom is -0.661 e. The molecule has 0 aliphatic carbocycles. The van der Waals surface area contributed by atoms with Crippen LogP contribution in [0.15, 0.2) is 52.6 Å². The number of benzene rings is 1. The molecular weight excluding hydrogens is 402 g/mol. The molecular formula is C14H12IrN3-. The van der Waals surface area contributed by atoms with Crippen molar-refractivity contribution in [3.8, 4) is 11.1 Å². The van der Waals surface area contributed by atoms with Crippen LogP contribution in [-0.4, -0.2) is 18.1 Å². The molecule has 0 N–H and O–H groups in total. The van der Waals surface area contributed by atoms with Gasteiger partial charge in [0.2, 0.25) is 0 Å². The molecule has 2 aromatic rings. The molecule has 3 rings (SSSR count). The molecule has 93 valence electrons. The maximum atomic E-state index is 4.45. The Morgan fingerprint density at radius 3 is 2.56 bits per heavy atom. The summed E-state index contributed by atoms with van der Waals surface area (Å²) < 4.78 is 0. The molecule has 1 aliphatic rings. The molecule has 0 fully saturated rings. The molecule has 0 saturated heterocycles. The number of aromatic nitrogens is 1. The molecule has 2 heterocycles. The summed E-state index contributed by atoms with van der Waals surface area (Å²) in [6.07, 6.45) is 3.65. The van der Waals surface area contributed by atoms with E-state index in [1.165, 1.54) is 0 Å². The first-order valence-electron chi connectivity index (χ1n) is 5.64. The zero-order chi connectivity index (χ0) is 11.7. The molecule has 1 aromatic heterocycles. The molecule has 4 heteroatoms. The standard InChI is InChI=1S/C14H12N3.Ir/c1-10-9-16-14(17-10)13-12(7-8-15-13)11-5-3-2-4-6-11;/h2-10H,1H3;/q-1;. The van der Waals surface area contributed by atoms with Crippen molar-refractivity contribution in [3.63, 3.8) is 0 Å². The van der Waals surface area contributed by atoms with Crippen LogP contribution >= 0.6 is 0 Å². The van der Waals surface area contributed by atoms with Crippen LogP contribution in [0, 0.1) is 0 Å². The molecule has 1 aliphatic heterocycles. The Bertz CT molecular complexity index is 584. The van der Waals surface area contributed by atoms with E-state index < -0.39 is 0 Å². The second-order valence-corrected chi connectivity index (χ2v) is 4.04. The van der Waals surface area contributed by atoms with E-state index in [1.54, 1.807) is 6.20 Å². The summed E-state index contributed by atoms with van der Waals surface area (Å²) >= 11 is 0. The third kappa shape index (κ3) is 2.35. The minimum absolute atomic E-state index is 0. The van der Waals surface area contributed by atoms with Crippen LogP contribution in [0.25, 0.3) is 11.1 Å². The normalized spacial score (nSPS) is 17.4. The van der Waals surface area contributed by atoms with Crippen LogP contribution in [0.2, 0.25) is 0 Å². The van der Waals surface area contributed by atoms with Crippen molar-refractivity contribution in [3.05, 3.63) is 48.3 Å². The zero-order valence-electron chi connectivity index (χ0n) is 9.87. The number of nitrogens with zero attached hydrogens (tertiary/aromatic N) is 3. The number of aliphatic imine (C=N–C) groups is 2. The van der Waals surface area contributed by atoms with Crippen LogP contribution in [0.1, 0.15) is 12.6 Å². The first-order valence-corrected chi connectivity index (χ1v) is 5.64. The maximum Gasteiger partial charge on any atom is 0.133 e. The summed E-state index contributed by atoms with van der Waals surface area (Å²) in [5.41, 5.74) is 3.12. The van der Waals surface area contributed by atoms with Crippen molar-refractivity contribution >= 4 is 12.1 Å². The Morgan fingerprint density at radius 2 is 1.89 bits per heavy atom. The molecule has 0 spiro atoms. The van der Waals surface area contributed by atoms with Gasteiger partial charge in [0.15, 0.2) is 0 Å². The van der Waals surface area contributed by atoms with Crippen molar-refractivity contribution in [1.29, 1.82) is 0 Å². The topological polar surface area (TPSA) is 38.8 Å². The van der Waals surface area contributed by atoms with Gasteiger partial charge < -0.3 is 4.98 Å². The van der Waals surface area contributed by atoms with Crippen LogP contribution in [0.5, 0.6) is 0 Å². The summed E-state index contributed by atoms with van der Waals surface area (Å²) in [5.74, 6) is 0.737. The van der Waals surface area contributed by atoms with Crippen molar-refractivity contribution in [2.45, 2.75) is 13.0 Å². The fourth-order valence-electron chi connectivity index (χ4n) is 1.92. The van der Waals surface area contributed by atoms with Crippen LogP contribution in [-0.2, 0) is 20.1 Å². The van der Waals surface area contributed by atoms with E-state index in [9.17, 15) is 0 Å². The van der Waals surface area contributed by atoms with Crippen molar-refractivity contribution < 1.29 is 20.1 Å². The SMILES string of the molecule is CC1C=NC(c2[n-]ccc2-c2ccccc2)=N1.[Ir]. The fourth-order valence-corrected chi connectivity index (χ4v) is 1.92. The molecule has 1 atom stereocenters. The average Bonchev–Trinajstić information content (AvgIpc) is 2.98. The van der Waals surface area contributed by atoms with Gasteiger partial charge in [-0.3, -0.25) is 4.99 Å². The van der Waals surface area contributed by atoms with E-state index in [1.807, 2.05) is 37.4 Å². The van der Waals surface area contributed by atoms with Gasteiger partial charge in [0, 0.05) is 26.3 Å². The second-order valence-electron chi connectivity index (χ2n) is 4.04. The molecule has 1 unspecified atom stereocenters. The summed E-state index contributed by atoms with van der Waals surface area (Å²) in [6.45, 7) is 2.02. The Hall–Kier alpha value is -1.51. The first-order chi connectivity index (χ1) is 8.34. The molecule has 1 radical (unpaired) electrons. The first kappa shape index (κ1) is 12.9. The fraction of sp³-hybridized carbons (Fsp3) is 0.143. The third-order valence-corrected chi connectivity index (χ3v) is 2.74. The van der Waals surface area contributed by atoms with Gasteiger partial charge in [-0.15, -0.1) is 0 Å². The number of hydrogen-bond donors (Lipinski definition) is 0. The van der Waals surface area contributed by atoms with E-state index in [0.29, 0.717) is 0 Å². The van der Waals surface area contributed by atoms with E-state index in [0.717, 1.165) is 22.7 Å². The molecule has 0 bridgehead atoms. The van der Waals surface area contributed by atoms with Crippen LogP contribution in [0.4, 0.5) is 0 Å². The van der Waals surface area contributed by atoms with Gasteiger partial charge >= 0.3 is 0 Å². The summed E-state index contributed by atoms with van der Waals surface area (Å²) in [7, 11) is 0. The third-order valence-electron chi connectivity index (χ3n) is 2.74. The van der Waals surface area contributed by atoms with E-state index in [-0.39, 0.29) is 26.1 Å². The van der Waals surface area contributed by atoms with Gasteiger partial charge in [0.1, 0.15) is 5.84 Å². The Morgan fingerprint density at radius 1 is 1.11 bits per heavy atom. The number of amidine groups is 1. The minimum atomic E-state index is 0. The van der Waals surface area contributed by atoms with Gasteiger partial charge in [-0.2, -0.15) is 6.20 Å². The van der Waals surface area contributed by atoms with Crippen LogP contribution in [0.3, 0.4) is 0 Å². The van der Waals surface area contributed by atoms with Crippen molar-refractivity contribution in [2.75, 3.05) is 0 Å². The molecule has 3 nitrogen and oxygen atoms in total. The monoisotopic (exact) mass is 415 g/mol. The largest absolute Gasteiger partial charge is 0.661 e. The summed E-state index contributed by atoms with van der Waals surface area (Å²) in [4.78, 5) is 13.1. The number of rotatable bonds is 2. The van der Waals surface area contributed by atoms with E-state index in [4.69, 9.17) is 0 Å². The predicted octanol–water partition coefficient (Wildman–Crippen LogP) is 2.53. The van der Waals surface area contributed by atoms with Gasteiger partial charge in [-0.05, 0) is 18.1 Å². The number of hydrogen-bond acceptors (Lipinski definition) is 2. The smallest absolute Gasteiger partial charge is 0.133 e. The van der Waals surface area contributed by atoms with Gasteiger partial charge in [-0.1, -0.05) is 42.1 Å². The molecule has 18 heavy (non-hydrogen) atoms. The summed E-state index contributed by atoms with van der Waals surface area (Å²) in [6, 6.07) is 12.4. The maximum absolute atomic E-state index is 4.45. The van der Waals surface area contributed by atoms with Crippen molar-refractivity contribution in [2.24, 2.45) is 9.98 Å². The predicted molar refractivity (Wildman–Crippen MR) is 69.7 cm³/mol. The quantitative estimate of drug-likeness (QED) is 0.744. The van der Waals surface area contributed by atoms with Gasteiger partial charge in [-0.25, -0.2) is 4.99 Å². The Balaban J connectivity index is 0.00000120. The van der Waals surface area contributed by atoms with E-state index in [2.05, 4.69) is 27.1 Å². The second kappa shape index (κ2) is 5.42. The summed E-state index contributed by atoms with van der Waals surface area (Å²) in [5, 5.41) is 0. The zero-order valence-corrected chi connectivity index (χ0v) is 12.3. The molecule has 1 aromatic carbocycles. The van der Waals surface area contributed by atoms with Crippen molar-refractivity contribution in [1.82, 2.24) is 4.98 Å². The Kier molecular flexibility index (Phi) is 3.90. The molecule has 0 saturated carbocycles.